The molecule has 0 aliphatic carbocycles. The van der Waals surface area contributed by atoms with Crippen LogP contribution in [0.5, 0.6) is 5.75 Å². The van der Waals surface area contributed by atoms with Gasteiger partial charge >= 0.3 is 13.7 Å². The Morgan fingerprint density at radius 3 is 2.09 bits per heavy atom. The number of carbonyl (C=O) groups excluding carboxylic acids is 2. The van der Waals surface area contributed by atoms with Gasteiger partial charge in [-0.1, -0.05) is 104 Å². The number of unbranched alkanes of at least 4 members (excludes halogenated alkanes) is 14. The summed E-state index contributed by atoms with van der Waals surface area (Å²) < 4.78 is 52.5. The van der Waals surface area contributed by atoms with Gasteiger partial charge in [0.2, 0.25) is 5.91 Å². The van der Waals surface area contributed by atoms with Crippen LogP contribution in [0.3, 0.4) is 0 Å². The van der Waals surface area contributed by atoms with E-state index < -0.39 is 19.8 Å². The zero-order chi connectivity index (χ0) is 47.4. The third-order valence-corrected chi connectivity index (χ3v) is 11.8. The molecule has 14 nitrogen and oxygen atoms in total. The minimum Gasteiger partial charge on any atom is -0.497 e. The third kappa shape index (κ3) is 26.5. The van der Waals surface area contributed by atoms with Crippen molar-refractivity contribution < 1.29 is 51.8 Å². The van der Waals surface area contributed by atoms with Crippen LogP contribution in [-0.2, 0) is 43.8 Å². The summed E-state index contributed by atoms with van der Waals surface area (Å²) in [6.45, 7) is 8.09. The highest BCUT2D eigenvalue weighted by molar-refractivity contribution is 7.47. The number of hydrogen-bond acceptors (Lipinski definition) is 11. The Hall–Kier alpha value is -3.42. The molecule has 16 heteroatoms. The van der Waals surface area contributed by atoms with E-state index in [2.05, 4.69) is 47.2 Å². The van der Waals surface area contributed by atoms with E-state index in [1.54, 1.807) is 32.2 Å². The molecule has 2 atom stereocenters. The summed E-state index contributed by atoms with van der Waals surface area (Å²) in [4.78, 5) is 38.4. The number of aromatic nitrogens is 1. The van der Waals surface area contributed by atoms with Crippen molar-refractivity contribution in [2.75, 3.05) is 80.4 Å². The lowest BCUT2D eigenvalue weighted by Gasteiger charge is -2.20. The number of methoxy groups -OCH3 is 1. The second-order valence-corrected chi connectivity index (χ2v) is 17.5. The molecule has 364 valence electrons. The van der Waals surface area contributed by atoms with Crippen LogP contribution in [0.25, 0.3) is 10.9 Å². The second kappa shape index (κ2) is 36.7. The minimum absolute atomic E-state index is 0.0108. The second-order valence-electron chi connectivity index (χ2n) is 15.8. The van der Waals surface area contributed by atoms with Gasteiger partial charge in [-0.3, -0.25) is 23.2 Å². The molecular weight excluding hydrogens is 873 g/mol. The minimum atomic E-state index is -4.33. The van der Waals surface area contributed by atoms with Crippen molar-refractivity contribution in [3.63, 3.8) is 0 Å². The number of rotatable bonds is 38. The molecule has 1 aromatic carbocycles. The average Bonchev–Trinajstić information content (AvgIpc) is 3.57. The lowest BCUT2D eigenvalue weighted by molar-refractivity contribution is -0.143. The normalized spacial score (nSPS) is 12.4. The maximum atomic E-state index is 13.1. The molecule has 0 aliphatic rings. The molecule has 2 N–H and O–H groups in total. The SMILES string of the molecule is CCCCCCCCCCCCCCCCCOCOCC(COP(=O)(O)OCCN(C)CC)OCOCCCNC(=O)Cc1c(C)n(C(=O)C#CC#CC#CCl)c2ccc(OC)cc12. The van der Waals surface area contributed by atoms with E-state index >= 15 is 0 Å². The Kier molecular flexibility index (Phi) is 32.6. The summed E-state index contributed by atoms with van der Waals surface area (Å²) in [6.07, 6.45) is 19.2. The van der Waals surface area contributed by atoms with Gasteiger partial charge in [-0.25, -0.2) is 4.57 Å². The van der Waals surface area contributed by atoms with Gasteiger partial charge in [0, 0.05) is 53.9 Å². The zero-order valence-electron chi connectivity index (χ0n) is 39.7. The molecule has 0 saturated carbocycles. The van der Waals surface area contributed by atoms with Gasteiger partial charge in [0.1, 0.15) is 25.4 Å². The quantitative estimate of drug-likeness (QED) is 0.0285. The summed E-state index contributed by atoms with van der Waals surface area (Å²) in [7, 11) is -0.907. The van der Waals surface area contributed by atoms with Gasteiger partial charge < -0.3 is 38.8 Å². The number of amides is 1. The maximum absolute atomic E-state index is 13.1. The Bertz CT molecular complexity index is 1890. The first-order valence-electron chi connectivity index (χ1n) is 23.3. The van der Waals surface area contributed by atoms with Gasteiger partial charge in [-0.05, 0) is 80.6 Å². The maximum Gasteiger partial charge on any atom is 0.472 e. The summed E-state index contributed by atoms with van der Waals surface area (Å²) in [5.41, 5.74) is 1.81. The van der Waals surface area contributed by atoms with Gasteiger partial charge in [0.15, 0.2) is 0 Å². The number of likely N-dealkylation sites (N-methyl/N-ethyl adjacent to an activating group) is 1. The van der Waals surface area contributed by atoms with Crippen molar-refractivity contribution in [3.8, 4) is 40.7 Å². The summed E-state index contributed by atoms with van der Waals surface area (Å²) >= 11 is 5.30. The van der Waals surface area contributed by atoms with Crippen LogP contribution < -0.4 is 10.1 Å². The molecule has 2 unspecified atom stereocenters. The molecule has 0 fully saturated rings. The van der Waals surface area contributed by atoms with E-state index in [1.807, 2.05) is 18.9 Å². The number of phosphoric acid groups is 1. The van der Waals surface area contributed by atoms with Gasteiger partial charge in [-0.2, -0.15) is 0 Å². The predicted molar refractivity (Wildman–Crippen MR) is 257 cm³/mol. The Morgan fingerprint density at radius 1 is 0.815 bits per heavy atom. The van der Waals surface area contributed by atoms with Crippen molar-refractivity contribution in [1.29, 1.82) is 0 Å². The average molecular weight is 949 g/mol. The first-order valence-corrected chi connectivity index (χ1v) is 25.2. The molecule has 65 heavy (non-hydrogen) atoms. The monoisotopic (exact) mass is 947 g/mol. The summed E-state index contributed by atoms with van der Waals surface area (Å²) in [5.74, 6) is 12.0. The molecule has 1 amide bonds. The fourth-order valence-corrected chi connectivity index (χ4v) is 7.62. The lowest BCUT2D eigenvalue weighted by atomic mass is 10.0. The number of fused-ring (bicyclic) bond motifs is 1. The van der Waals surface area contributed by atoms with Crippen molar-refractivity contribution in [2.45, 2.75) is 136 Å². The Balaban J connectivity index is 1.75. The van der Waals surface area contributed by atoms with Crippen molar-refractivity contribution >= 4 is 42.1 Å². The van der Waals surface area contributed by atoms with Crippen LogP contribution in [0, 0.1) is 41.9 Å². The van der Waals surface area contributed by atoms with Crippen molar-refractivity contribution in [1.82, 2.24) is 14.8 Å². The first-order chi connectivity index (χ1) is 31.6. The number of nitrogens with zero attached hydrogens (tertiary/aromatic N) is 2. The smallest absolute Gasteiger partial charge is 0.472 e. The number of ether oxygens (including phenoxy) is 5. The molecule has 0 aliphatic heterocycles. The summed E-state index contributed by atoms with van der Waals surface area (Å²) in [5, 5.41) is 5.71. The molecule has 0 radical (unpaired) electrons. The van der Waals surface area contributed by atoms with Crippen LogP contribution >= 0.6 is 19.4 Å². The Morgan fingerprint density at radius 2 is 1.45 bits per heavy atom. The van der Waals surface area contributed by atoms with E-state index in [1.165, 1.54) is 88.0 Å². The van der Waals surface area contributed by atoms with Crippen molar-refractivity contribution in [3.05, 3.63) is 29.5 Å². The third-order valence-electron chi connectivity index (χ3n) is 10.7. The predicted octanol–water partition coefficient (Wildman–Crippen LogP) is 9.16. The van der Waals surface area contributed by atoms with Crippen LogP contribution in [0.2, 0.25) is 0 Å². The van der Waals surface area contributed by atoms with Crippen LogP contribution in [0.15, 0.2) is 18.2 Å². The van der Waals surface area contributed by atoms with E-state index in [4.69, 9.17) is 44.3 Å². The van der Waals surface area contributed by atoms with E-state index in [0.717, 1.165) is 19.4 Å². The molecule has 2 rings (SSSR count). The van der Waals surface area contributed by atoms with Gasteiger partial charge in [-0.15, -0.1) is 0 Å². The zero-order valence-corrected chi connectivity index (χ0v) is 41.3. The molecular formula is C49H75ClN3O11P. The number of phosphoric ester groups is 1. The fraction of sp³-hybridized carbons (Fsp3) is 0.673. The van der Waals surface area contributed by atoms with Crippen LogP contribution in [0.4, 0.5) is 0 Å². The molecule has 1 heterocycles. The highest BCUT2D eigenvalue weighted by atomic mass is 35.5. The van der Waals surface area contributed by atoms with Gasteiger partial charge in [0.25, 0.3) is 0 Å². The number of carbonyl (C=O) groups is 2. The number of benzene rings is 1. The molecule has 2 aromatic rings. The topological polar surface area (TPSA) is 156 Å². The van der Waals surface area contributed by atoms with E-state index in [-0.39, 0.29) is 52.3 Å². The number of hydrogen-bond donors (Lipinski definition) is 2. The summed E-state index contributed by atoms with van der Waals surface area (Å²) in [6, 6.07) is 5.26. The highest BCUT2D eigenvalue weighted by Crippen LogP contribution is 2.43. The Labute approximate surface area is 394 Å². The van der Waals surface area contributed by atoms with E-state index in [0.29, 0.717) is 54.0 Å². The van der Waals surface area contributed by atoms with Crippen LogP contribution in [0.1, 0.15) is 133 Å². The first kappa shape index (κ1) is 57.7. The number of nitrogens with one attached hydrogen (secondary N) is 1. The number of halogens is 1. The molecule has 1 aromatic heterocycles. The standard InChI is InChI=1S/C49H75ClN3O11P/c1-6-8-9-10-11-12-13-14-15-16-17-18-19-22-25-33-59-40-61-38-44(39-64-65(56,57)63-35-32-52(4)7-2)62-41-60-34-26-31-51-48(54)37-45-42(3)53(49(55)27-23-20-21-24-30-50)47-29-28-43(58-5)36-46(45)47/h28-29,36,44H,6-19,22,25-26,31-35,37-41H2,1-5H3,(H,51,54)(H,56,57). The fourth-order valence-electron chi connectivity index (χ4n) is 6.83. The highest BCUT2D eigenvalue weighted by Gasteiger charge is 2.24. The molecule has 0 bridgehead atoms. The molecule has 0 spiro atoms. The van der Waals surface area contributed by atoms with Gasteiger partial charge in [0.05, 0.1) is 45.5 Å². The van der Waals surface area contributed by atoms with Crippen LogP contribution in [-0.4, -0.2) is 113 Å². The largest absolute Gasteiger partial charge is 0.497 e. The van der Waals surface area contributed by atoms with Crippen molar-refractivity contribution in [2.24, 2.45) is 0 Å². The lowest BCUT2D eigenvalue weighted by Crippen LogP contribution is -2.28. The van der Waals surface area contributed by atoms with E-state index in [9.17, 15) is 19.0 Å². The molecule has 0 saturated heterocycles.